The van der Waals surface area contributed by atoms with E-state index in [9.17, 15) is 0 Å². The van der Waals surface area contributed by atoms with Crippen molar-refractivity contribution in [1.82, 2.24) is 0 Å². The zero-order valence-corrected chi connectivity index (χ0v) is 12.4. The maximum Gasteiger partial charge on any atom is 0.119 e. The van der Waals surface area contributed by atoms with Crippen LogP contribution >= 0.6 is 0 Å². The third kappa shape index (κ3) is 5.32. The second-order valence-electron chi connectivity index (χ2n) is 6.26. The van der Waals surface area contributed by atoms with Gasteiger partial charge >= 0.3 is 0 Å². The predicted octanol–water partition coefficient (Wildman–Crippen LogP) is 3.38. The maximum atomic E-state index is 8.80. The van der Waals surface area contributed by atoms with Crippen molar-refractivity contribution in [3.8, 4) is 11.8 Å². The van der Waals surface area contributed by atoms with Crippen molar-refractivity contribution in [2.45, 2.75) is 51.5 Å². The van der Waals surface area contributed by atoms with Crippen molar-refractivity contribution in [2.24, 2.45) is 5.73 Å². The van der Waals surface area contributed by atoms with E-state index >= 15 is 0 Å². The summed E-state index contributed by atoms with van der Waals surface area (Å²) in [7, 11) is 0. The van der Waals surface area contributed by atoms with Crippen molar-refractivity contribution < 1.29 is 4.74 Å². The maximum absolute atomic E-state index is 8.80. The second kappa shape index (κ2) is 6.08. The standard InChI is InChI=1S/C16H24N2O/c1-15(2,3)13-6-8-14(9-7-13)19-11-5-10-16(4,18)12-17/h6-9H,5,10-11,18H2,1-4H3. The highest BCUT2D eigenvalue weighted by molar-refractivity contribution is 5.31. The van der Waals surface area contributed by atoms with Crippen LogP contribution in [0.1, 0.15) is 46.1 Å². The molecule has 1 atom stereocenters. The minimum atomic E-state index is -0.751. The number of ether oxygens (including phenoxy) is 1. The third-order valence-electron chi connectivity index (χ3n) is 3.08. The number of nitrogens with zero attached hydrogens (tertiary/aromatic N) is 1. The van der Waals surface area contributed by atoms with Gasteiger partial charge in [-0.1, -0.05) is 32.9 Å². The highest BCUT2D eigenvalue weighted by Crippen LogP contribution is 2.24. The minimum Gasteiger partial charge on any atom is -0.494 e. The molecule has 0 saturated carbocycles. The minimum absolute atomic E-state index is 0.159. The Morgan fingerprint density at radius 1 is 1.16 bits per heavy atom. The predicted molar refractivity (Wildman–Crippen MR) is 78.1 cm³/mol. The lowest BCUT2D eigenvalue weighted by Gasteiger charge is -2.19. The Hall–Kier alpha value is -1.53. The van der Waals surface area contributed by atoms with Crippen molar-refractivity contribution in [1.29, 1.82) is 5.26 Å². The van der Waals surface area contributed by atoms with Crippen molar-refractivity contribution in [3.63, 3.8) is 0 Å². The van der Waals surface area contributed by atoms with E-state index in [0.29, 0.717) is 13.0 Å². The highest BCUT2D eigenvalue weighted by atomic mass is 16.5. The van der Waals surface area contributed by atoms with Gasteiger partial charge in [0.25, 0.3) is 0 Å². The molecule has 0 aliphatic rings. The molecule has 2 N–H and O–H groups in total. The summed E-state index contributed by atoms with van der Waals surface area (Å²) in [6.07, 6.45) is 1.42. The van der Waals surface area contributed by atoms with Gasteiger partial charge in [-0.15, -0.1) is 0 Å². The van der Waals surface area contributed by atoms with Gasteiger partial charge in [-0.05, 0) is 42.9 Å². The van der Waals surface area contributed by atoms with Gasteiger partial charge in [0, 0.05) is 0 Å². The Labute approximate surface area is 116 Å². The van der Waals surface area contributed by atoms with E-state index in [-0.39, 0.29) is 5.41 Å². The zero-order valence-electron chi connectivity index (χ0n) is 12.4. The fourth-order valence-electron chi connectivity index (χ4n) is 1.74. The van der Waals surface area contributed by atoms with E-state index in [1.807, 2.05) is 12.1 Å². The van der Waals surface area contributed by atoms with Crippen LogP contribution in [-0.2, 0) is 5.41 Å². The molecule has 0 radical (unpaired) electrons. The van der Waals surface area contributed by atoms with Gasteiger partial charge in [0.05, 0.1) is 12.7 Å². The molecule has 19 heavy (non-hydrogen) atoms. The smallest absolute Gasteiger partial charge is 0.119 e. The normalized spacial score (nSPS) is 14.5. The Morgan fingerprint density at radius 3 is 2.21 bits per heavy atom. The van der Waals surface area contributed by atoms with Crippen LogP contribution in [0.4, 0.5) is 0 Å². The van der Waals surface area contributed by atoms with Crippen LogP contribution in [0, 0.1) is 11.3 Å². The summed E-state index contributed by atoms with van der Waals surface area (Å²) >= 11 is 0. The molecule has 1 aromatic rings. The van der Waals surface area contributed by atoms with Gasteiger partial charge in [-0.2, -0.15) is 5.26 Å². The second-order valence-corrected chi connectivity index (χ2v) is 6.26. The molecule has 1 unspecified atom stereocenters. The molecule has 0 amide bonds. The molecule has 3 heteroatoms. The molecule has 0 spiro atoms. The van der Waals surface area contributed by atoms with Gasteiger partial charge in [0.2, 0.25) is 0 Å². The van der Waals surface area contributed by atoms with E-state index in [0.717, 1.165) is 12.2 Å². The van der Waals surface area contributed by atoms with E-state index < -0.39 is 5.54 Å². The zero-order chi connectivity index (χ0) is 14.5. The van der Waals surface area contributed by atoms with E-state index in [2.05, 4.69) is 39.0 Å². The highest BCUT2D eigenvalue weighted by Gasteiger charge is 2.16. The molecule has 0 fully saturated rings. The Morgan fingerprint density at radius 2 is 1.74 bits per heavy atom. The van der Waals surface area contributed by atoms with Gasteiger partial charge in [-0.25, -0.2) is 0 Å². The number of nitrogens with two attached hydrogens (primary N) is 1. The average Bonchev–Trinajstić information content (AvgIpc) is 2.34. The SMILES string of the molecule is CC(N)(C#N)CCCOc1ccc(C(C)(C)C)cc1. The van der Waals surface area contributed by atoms with E-state index in [1.54, 1.807) is 6.92 Å². The lowest BCUT2D eigenvalue weighted by atomic mass is 9.87. The van der Waals surface area contributed by atoms with E-state index in [4.69, 9.17) is 15.7 Å². The number of rotatable bonds is 5. The summed E-state index contributed by atoms with van der Waals surface area (Å²) in [5, 5.41) is 8.80. The number of benzene rings is 1. The number of hydrogen-bond acceptors (Lipinski definition) is 3. The van der Waals surface area contributed by atoms with Crippen molar-refractivity contribution in [2.75, 3.05) is 6.61 Å². The molecule has 104 valence electrons. The van der Waals surface area contributed by atoms with Crippen molar-refractivity contribution >= 4 is 0 Å². The molecule has 0 aromatic heterocycles. The number of hydrogen-bond donors (Lipinski definition) is 1. The summed E-state index contributed by atoms with van der Waals surface area (Å²) in [4.78, 5) is 0. The molecule has 0 aliphatic carbocycles. The molecule has 0 aliphatic heterocycles. The molecule has 1 aromatic carbocycles. The summed E-state index contributed by atoms with van der Waals surface area (Å²) < 4.78 is 5.65. The van der Waals surface area contributed by atoms with Crippen molar-refractivity contribution in [3.05, 3.63) is 29.8 Å². The first kappa shape index (κ1) is 15.5. The van der Waals surface area contributed by atoms with Crippen LogP contribution in [0.3, 0.4) is 0 Å². The summed E-state index contributed by atoms with van der Waals surface area (Å²) in [5.41, 5.74) is 6.45. The summed E-state index contributed by atoms with van der Waals surface area (Å²) in [6, 6.07) is 10.3. The monoisotopic (exact) mass is 260 g/mol. The Bertz CT molecular complexity index is 435. The topological polar surface area (TPSA) is 59.0 Å². The van der Waals surface area contributed by atoms with Gasteiger partial charge < -0.3 is 10.5 Å². The van der Waals surface area contributed by atoms with E-state index in [1.165, 1.54) is 5.56 Å². The van der Waals surface area contributed by atoms with Crippen LogP contribution in [0.25, 0.3) is 0 Å². The third-order valence-corrected chi connectivity index (χ3v) is 3.08. The van der Waals surface area contributed by atoms with Crippen LogP contribution in [0.5, 0.6) is 5.75 Å². The Balaban J connectivity index is 2.41. The van der Waals surface area contributed by atoms with Crippen LogP contribution < -0.4 is 10.5 Å². The van der Waals surface area contributed by atoms with Gasteiger partial charge in [0.15, 0.2) is 0 Å². The molecular formula is C16H24N2O. The molecule has 0 heterocycles. The quantitative estimate of drug-likeness (QED) is 0.826. The van der Waals surface area contributed by atoms with Crippen LogP contribution in [0.2, 0.25) is 0 Å². The largest absolute Gasteiger partial charge is 0.494 e. The first-order chi connectivity index (χ1) is 8.74. The molecular weight excluding hydrogens is 236 g/mol. The molecule has 1 rings (SSSR count). The lowest BCUT2D eigenvalue weighted by molar-refractivity contribution is 0.296. The van der Waals surface area contributed by atoms with Crippen LogP contribution in [0.15, 0.2) is 24.3 Å². The van der Waals surface area contributed by atoms with Gasteiger partial charge in [0.1, 0.15) is 11.3 Å². The summed E-state index contributed by atoms with van der Waals surface area (Å²) in [5.74, 6) is 0.865. The first-order valence-electron chi connectivity index (χ1n) is 6.68. The molecule has 3 nitrogen and oxygen atoms in total. The first-order valence-corrected chi connectivity index (χ1v) is 6.68. The van der Waals surface area contributed by atoms with Crippen LogP contribution in [-0.4, -0.2) is 12.1 Å². The lowest BCUT2D eigenvalue weighted by Crippen LogP contribution is -2.34. The fourth-order valence-corrected chi connectivity index (χ4v) is 1.74. The Kier molecular flexibility index (Phi) is 4.97. The average molecular weight is 260 g/mol. The fraction of sp³-hybridized carbons (Fsp3) is 0.562. The number of nitriles is 1. The van der Waals surface area contributed by atoms with Gasteiger partial charge in [-0.3, -0.25) is 0 Å². The summed E-state index contributed by atoms with van der Waals surface area (Å²) in [6.45, 7) is 8.89. The molecule has 0 bridgehead atoms. The molecule has 0 saturated heterocycles.